The van der Waals surface area contributed by atoms with Crippen LogP contribution in [0.25, 0.3) is 0 Å². The summed E-state index contributed by atoms with van der Waals surface area (Å²) in [6.07, 6.45) is 3.30. The fourth-order valence-corrected chi connectivity index (χ4v) is 4.30. The van der Waals surface area contributed by atoms with Crippen LogP contribution in [0.2, 0.25) is 0 Å². The zero-order valence-corrected chi connectivity index (χ0v) is 16.6. The number of piperidine rings is 1. The molecule has 4 rings (SSSR count). The Kier molecular flexibility index (Phi) is 5.81. The number of benzene rings is 2. The average molecular weight is 380 g/mol. The number of fused-ring (bicyclic) bond motifs is 1. The Morgan fingerprint density at radius 3 is 2.64 bits per heavy atom. The summed E-state index contributed by atoms with van der Waals surface area (Å²) in [4.78, 5) is 17.1. The van der Waals surface area contributed by atoms with Gasteiger partial charge in [-0.3, -0.25) is 4.90 Å². The Morgan fingerprint density at radius 2 is 1.86 bits per heavy atom. The van der Waals surface area contributed by atoms with E-state index in [2.05, 4.69) is 34.5 Å². The molecule has 5 heteroatoms. The highest BCUT2D eigenvalue weighted by Gasteiger charge is 2.25. The first-order valence-corrected chi connectivity index (χ1v) is 10.2. The van der Waals surface area contributed by atoms with E-state index in [0.29, 0.717) is 5.92 Å². The third-order valence-corrected chi connectivity index (χ3v) is 5.95. The molecule has 2 aliphatic rings. The van der Waals surface area contributed by atoms with Gasteiger partial charge in [-0.25, -0.2) is 4.79 Å². The van der Waals surface area contributed by atoms with Crippen LogP contribution >= 0.6 is 0 Å². The van der Waals surface area contributed by atoms with Crippen LogP contribution in [0.3, 0.4) is 0 Å². The molecule has 0 aromatic heterocycles. The lowest BCUT2D eigenvalue weighted by Crippen LogP contribution is -2.44. The number of rotatable bonds is 4. The van der Waals surface area contributed by atoms with Gasteiger partial charge in [0.05, 0.1) is 7.11 Å². The number of hydrogen-bond donors (Lipinski definition) is 1. The van der Waals surface area contributed by atoms with Gasteiger partial charge in [0.15, 0.2) is 0 Å². The first kappa shape index (κ1) is 18.8. The monoisotopic (exact) mass is 379 g/mol. The van der Waals surface area contributed by atoms with E-state index in [1.807, 2.05) is 29.2 Å². The standard InChI is InChI=1S/C23H29N3O2/c1-28-22-8-4-7-21(15-22)24-23(27)26-13-9-18(10-14-26)16-25-12-11-19-5-2-3-6-20(19)17-25/h2-8,15,18H,9-14,16-17H2,1H3,(H,24,27). The van der Waals surface area contributed by atoms with Gasteiger partial charge in [0.2, 0.25) is 0 Å². The van der Waals surface area contributed by atoms with Gasteiger partial charge in [-0.2, -0.15) is 0 Å². The fraction of sp³-hybridized carbons (Fsp3) is 0.435. The van der Waals surface area contributed by atoms with Crippen molar-refractivity contribution in [1.82, 2.24) is 9.80 Å². The number of carbonyl (C=O) groups excluding carboxylic acids is 1. The maximum absolute atomic E-state index is 12.6. The topological polar surface area (TPSA) is 44.8 Å². The van der Waals surface area contributed by atoms with Crippen LogP contribution in [0, 0.1) is 5.92 Å². The van der Waals surface area contributed by atoms with Gasteiger partial charge in [-0.1, -0.05) is 30.3 Å². The first-order chi connectivity index (χ1) is 13.7. The Morgan fingerprint density at radius 1 is 1.07 bits per heavy atom. The quantitative estimate of drug-likeness (QED) is 0.873. The first-order valence-electron chi connectivity index (χ1n) is 10.2. The van der Waals surface area contributed by atoms with Crippen molar-refractivity contribution >= 4 is 11.7 Å². The summed E-state index contributed by atoms with van der Waals surface area (Å²) in [5.41, 5.74) is 3.75. The van der Waals surface area contributed by atoms with Crippen LogP contribution < -0.4 is 10.1 Å². The van der Waals surface area contributed by atoms with E-state index in [1.54, 1.807) is 7.11 Å². The normalized spacial score (nSPS) is 17.8. The zero-order valence-electron chi connectivity index (χ0n) is 16.6. The van der Waals surface area contributed by atoms with Crippen molar-refractivity contribution in [3.05, 3.63) is 59.7 Å². The fourth-order valence-electron chi connectivity index (χ4n) is 4.30. The van der Waals surface area contributed by atoms with E-state index >= 15 is 0 Å². The number of ether oxygens (including phenoxy) is 1. The molecule has 1 fully saturated rings. The van der Waals surface area contributed by atoms with Gasteiger partial charge in [-0.15, -0.1) is 0 Å². The van der Waals surface area contributed by atoms with Gasteiger partial charge >= 0.3 is 6.03 Å². The lowest BCUT2D eigenvalue weighted by Gasteiger charge is -2.36. The zero-order chi connectivity index (χ0) is 19.3. The van der Waals surface area contributed by atoms with Crippen LogP contribution in [0.5, 0.6) is 5.75 Å². The predicted octanol–water partition coefficient (Wildman–Crippen LogP) is 4.00. The molecule has 148 valence electrons. The summed E-state index contributed by atoms with van der Waals surface area (Å²) >= 11 is 0. The SMILES string of the molecule is COc1cccc(NC(=O)N2CCC(CN3CCc4ccccc4C3)CC2)c1. The van der Waals surface area contributed by atoms with E-state index < -0.39 is 0 Å². The number of anilines is 1. The molecule has 0 aliphatic carbocycles. The lowest BCUT2D eigenvalue weighted by molar-refractivity contribution is 0.147. The van der Waals surface area contributed by atoms with Crippen LogP contribution in [0.1, 0.15) is 24.0 Å². The van der Waals surface area contributed by atoms with Crippen molar-refractivity contribution < 1.29 is 9.53 Å². The number of nitrogens with one attached hydrogen (secondary N) is 1. The minimum atomic E-state index is -0.0152. The second-order valence-electron chi connectivity index (χ2n) is 7.85. The van der Waals surface area contributed by atoms with Crippen LogP contribution in [-0.4, -0.2) is 49.1 Å². The number of methoxy groups -OCH3 is 1. The molecule has 2 aromatic carbocycles. The Labute approximate surface area is 167 Å². The molecule has 2 aliphatic heterocycles. The summed E-state index contributed by atoms with van der Waals surface area (Å²) in [6, 6.07) is 16.3. The molecule has 0 radical (unpaired) electrons. The van der Waals surface area contributed by atoms with Gasteiger partial charge in [0.1, 0.15) is 5.75 Å². The van der Waals surface area contributed by atoms with E-state index in [0.717, 1.165) is 63.4 Å². The summed E-state index contributed by atoms with van der Waals surface area (Å²) < 4.78 is 5.22. The van der Waals surface area contributed by atoms with Gasteiger partial charge in [-0.05, 0) is 48.4 Å². The highest BCUT2D eigenvalue weighted by Crippen LogP contribution is 2.24. The molecule has 0 saturated carbocycles. The molecular weight excluding hydrogens is 350 g/mol. The smallest absolute Gasteiger partial charge is 0.321 e. The van der Waals surface area contributed by atoms with Crippen molar-refractivity contribution in [3.63, 3.8) is 0 Å². The highest BCUT2D eigenvalue weighted by molar-refractivity contribution is 5.89. The Bertz CT molecular complexity index is 815. The molecule has 0 unspecified atom stereocenters. The highest BCUT2D eigenvalue weighted by atomic mass is 16.5. The Balaban J connectivity index is 1.25. The molecule has 1 N–H and O–H groups in total. The third-order valence-electron chi connectivity index (χ3n) is 5.95. The molecule has 1 saturated heterocycles. The molecule has 28 heavy (non-hydrogen) atoms. The number of carbonyl (C=O) groups is 1. The van der Waals surface area contributed by atoms with E-state index in [4.69, 9.17) is 4.74 Å². The van der Waals surface area contributed by atoms with Crippen molar-refractivity contribution in [3.8, 4) is 5.75 Å². The van der Waals surface area contributed by atoms with Crippen LogP contribution in [0.4, 0.5) is 10.5 Å². The van der Waals surface area contributed by atoms with E-state index in [-0.39, 0.29) is 6.03 Å². The average Bonchev–Trinajstić information content (AvgIpc) is 2.74. The molecule has 2 heterocycles. The number of urea groups is 1. The summed E-state index contributed by atoms with van der Waals surface area (Å²) in [7, 11) is 1.63. The molecule has 2 amide bonds. The predicted molar refractivity (Wildman–Crippen MR) is 112 cm³/mol. The van der Waals surface area contributed by atoms with Crippen LogP contribution in [0.15, 0.2) is 48.5 Å². The largest absolute Gasteiger partial charge is 0.497 e. The summed E-state index contributed by atoms with van der Waals surface area (Å²) in [5, 5.41) is 2.99. The molecule has 2 aromatic rings. The summed E-state index contributed by atoms with van der Waals surface area (Å²) in [5.74, 6) is 1.42. The molecule has 0 bridgehead atoms. The van der Waals surface area contributed by atoms with Crippen molar-refractivity contribution in [2.75, 3.05) is 38.6 Å². The minimum absolute atomic E-state index is 0.0152. The maximum atomic E-state index is 12.6. The minimum Gasteiger partial charge on any atom is -0.497 e. The van der Waals surface area contributed by atoms with E-state index in [1.165, 1.54) is 11.1 Å². The molecular formula is C23H29N3O2. The number of amides is 2. The van der Waals surface area contributed by atoms with E-state index in [9.17, 15) is 4.79 Å². The van der Waals surface area contributed by atoms with Gasteiger partial charge in [0.25, 0.3) is 0 Å². The molecule has 0 spiro atoms. The number of hydrogen-bond acceptors (Lipinski definition) is 3. The lowest BCUT2D eigenvalue weighted by atomic mass is 9.94. The van der Waals surface area contributed by atoms with Crippen molar-refractivity contribution in [1.29, 1.82) is 0 Å². The van der Waals surface area contributed by atoms with Gasteiger partial charge in [0, 0.05) is 44.5 Å². The van der Waals surface area contributed by atoms with Crippen molar-refractivity contribution in [2.24, 2.45) is 5.92 Å². The summed E-state index contributed by atoms with van der Waals surface area (Å²) in [6.45, 7) is 5.00. The Hall–Kier alpha value is -2.53. The third kappa shape index (κ3) is 4.47. The molecule has 5 nitrogen and oxygen atoms in total. The second-order valence-corrected chi connectivity index (χ2v) is 7.85. The van der Waals surface area contributed by atoms with Crippen LogP contribution in [-0.2, 0) is 13.0 Å². The van der Waals surface area contributed by atoms with Crippen molar-refractivity contribution in [2.45, 2.75) is 25.8 Å². The van der Waals surface area contributed by atoms with Gasteiger partial charge < -0.3 is 15.0 Å². The number of nitrogens with zero attached hydrogens (tertiary/aromatic N) is 2. The molecule has 0 atom stereocenters. The second kappa shape index (κ2) is 8.65. The maximum Gasteiger partial charge on any atom is 0.321 e. The number of likely N-dealkylation sites (tertiary alicyclic amines) is 1.